The quantitative estimate of drug-likeness (QED) is 0.371. The van der Waals surface area contributed by atoms with Crippen molar-refractivity contribution in [3.63, 3.8) is 0 Å². The molecular weight excluding hydrogens is 462 g/mol. The van der Waals surface area contributed by atoms with Gasteiger partial charge in [-0.2, -0.15) is 4.98 Å². The second-order valence-corrected chi connectivity index (χ2v) is 8.58. The summed E-state index contributed by atoms with van der Waals surface area (Å²) in [6, 6.07) is 12.6. The molecule has 0 aliphatic rings. The first kappa shape index (κ1) is 22.9. The molecule has 2 aromatic carbocycles. The van der Waals surface area contributed by atoms with Gasteiger partial charge in [-0.1, -0.05) is 41.6 Å². The van der Waals surface area contributed by atoms with E-state index in [0.29, 0.717) is 44.5 Å². The number of carbonyl (C=O) groups is 1. The number of ether oxygens (including phenoxy) is 2. The SMILES string of the molecule is COc1cc(NC(=O)c2ccccc2CSc2nc3nc(C)cc(C)n3n2)c(OC)cc1Cl. The van der Waals surface area contributed by atoms with E-state index in [1.54, 1.807) is 22.7 Å². The molecule has 0 unspecified atom stereocenters. The van der Waals surface area contributed by atoms with Crippen LogP contribution in [-0.4, -0.2) is 39.7 Å². The Hall–Kier alpha value is -3.30. The van der Waals surface area contributed by atoms with Crippen LogP contribution in [0, 0.1) is 13.8 Å². The molecule has 1 amide bonds. The number of fused-ring (bicyclic) bond motifs is 1. The molecule has 2 heterocycles. The Balaban J connectivity index is 1.55. The average Bonchev–Trinajstić information content (AvgIpc) is 3.22. The van der Waals surface area contributed by atoms with Crippen LogP contribution >= 0.6 is 23.4 Å². The first-order valence-electron chi connectivity index (χ1n) is 10.0. The Bertz CT molecular complexity index is 1340. The first-order valence-corrected chi connectivity index (χ1v) is 11.4. The number of nitrogens with zero attached hydrogens (tertiary/aromatic N) is 4. The number of hydrogen-bond donors (Lipinski definition) is 1. The van der Waals surface area contributed by atoms with E-state index in [0.717, 1.165) is 17.0 Å². The fourth-order valence-corrected chi connectivity index (χ4v) is 4.42. The second kappa shape index (κ2) is 9.68. The number of amides is 1. The van der Waals surface area contributed by atoms with Crippen molar-refractivity contribution in [1.82, 2.24) is 19.6 Å². The van der Waals surface area contributed by atoms with Gasteiger partial charge in [0, 0.05) is 34.8 Å². The Kier molecular flexibility index (Phi) is 6.71. The van der Waals surface area contributed by atoms with Crippen LogP contribution in [0.1, 0.15) is 27.3 Å². The molecule has 2 aromatic heterocycles. The molecule has 0 aliphatic heterocycles. The second-order valence-electron chi connectivity index (χ2n) is 7.23. The Labute approximate surface area is 200 Å². The fourth-order valence-electron chi connectivity index (χ4n) is 3.37. The van der Waals surface area contributed by atoms with Crippen molar-refractivity contribution in [2.75, 3.05) is 19.5 Å². The summed E-state index contributed by atoms with van der Waals surface area (Å²) >= 11 is 7.61. The molecule has 4 aromatic rings. The number of nitrogens with one attached hydrogen (secondary N) is 1. The number of rotatable bonds is 7. The summed E-state index contributed by atoms with van der Waals surface area (Å²) in [5.74, 6) is 1.68. The summed E-state index contributed by atoms with van der Waals surface area (Å²) in [6.07, 6.45) is 0. The predicted octanol–water partition coefficient (Wildman–Crippen LogP) is 4.96. The molecule has 0 fully saturated rings. The number of anilines is 1. The van der Waals surface area contributed by atoms with E-state index in [-0.39, 0.29) is 5.91 Å². The molecule has 0 saturated heterocycles. The zero-order valence-electron chi connectivity index (χ0n) is 18.5. The van der Waals surface area contributed by atoms with Crippen LogP contribution < -0.4 is 14.8 Å². The van der Waals surface area contributed by atoms with E-state index >= 15 is 0 Å². The van der Waals surface area contributed by atoms with Crippen molar-refractivity contribution in [3.05, 3.63) is 70.0 Å². The normalized spacial score (nSPS) is 10.9. The topological polar surface area (TPSA) is 90.6 Å². The summed E-state index contributed by atoms with van der Waals surface area (Å²) in [5.41, 5.74) is 3.70. The maximum absolute atomic E-state index is 13.1. The van der Waals surface area contributed by atoms with Crippen molar-refractivity contribution in [1.29, 1.82) is 0 Å². The minimum absolute atomic E-state index is 0.273. The van der Waals surface area contributed by atoms with E-state index in [1.165, 1.54) is 26.0 Å². The molecule has 10 heteroatoms. The first-order chi connectivity index (χ1) is 15.9. The maximum Gasteiger partial charge on any atom is 0.256 e. The lowest BCUT2D eigenvalue weighted by atomic mass is 10.1. The zero-order chi connectivity index (χ0) is 23.5. The standard InChI is InChI=1S/C23H22ClN5O3S/c1-13-9-14(2)29-22(25-13)27-23(28-29)33-12-15-7-5-6-8-16(15)21(30)26-18-11-19(31-3)17(24)10-20(18)32-4/h5-11H,12H2,1-4H3,(H,26,30). The van der Waals surface area contributed by atoms with Crippen molar-refractivity contribution < 1.29 is 14.3 Å². The molecule has 1 N–H and O–H groups in total. The van der Waals surface area contributed by atoms with Crippen LogP contribution in [-0.2, 0) is 5.75 Å². The highest BCUT2D eigenvalue weighted by molar-refractivity contribution is 7.98. The van der Waals surface area contributed by atoms with Gasteiger partial charge >= 0.3 is 0 Å². The van der Waals surface area contributed by atoms with Gasteiger partial charge in [0.15, 0.2) is 0 Å². The van der Waals surface area contributed by atoms with E-state index < -0.39 is 0 Å². The van der Waals surface area contributed by atoms with Crippen LogP contribution in [0.5, 0.6) is 11.5 Å². The predicted molar refractivity (Wildman–Crippen MR) is 129 cm³/mol. The van der Waals surface area contributed by atoms with Crippen LogP contribution in [0.2, 0.25) is 5.02 Å². The molecule has 4 rings (SSSR count). The summed E-state index contributed by atoms with van der Waals surface area (Å²) < 4.78 is 12.3. The summed E-state index contributed by atoms with van der Waals surface area (Å²) in [4.78, 5) is 22.1. The van der Waals surface area contributed by atoms with E-state index in [4.69, 9.17) is 21.1 Å². The lowest BCUT2D eigenvalue weighted by Gasteiger charge is -2.14. The molecule has 0 atom stereocenters. The molecule has 170 valence electrons. The highest BCUT2D eigenvalue weighted by atomic mass is 35.5. The van der Waals surface area contributed by atoms with Crippen LogP contribution in [0.4, 0.5) is 5.69 Å². The van der Waals surface area contributed by atoms with Gasteiger partial charge in [0.25, 0.3) is 11.7 Å². The minimum Gasteiger partial charge on any atom is -0.495 e. The summed E-state index contributed by atoms with van der Waals surface area (Å²) in [7, 11) is 3.02. The zero-order valence-corrected chi connectivity index (χ0v) is 20.1. The number of hydrogen-bond acceptors (Lipinski definition) is 7. The Morgan fingerprint density at radius 1 is 1.09 bits per heavy atom. The minimum atomic E-state index is -0.273. The molecular formula is C23H22ClN5O3S. The molecule has 0 saturated carbocycles. The molecule has 0 spiro atoms. The number of thioether (sulfide) groups is 1. The van der Waals surface area contributed by atoms with Crippen molar-refractivity contribution in [2.24, 2.45) is 0 Å². The molecule has 33 heavy (non-hydrogen) atoms. The molecule has 0 radical (unpaired) electrons. The third-order valence-electron chi connectivity index (χ3n) is 4.94. The van der Waals surface area contributed by atoms with Crippen molar-refractivity contribution in [2.45, 2.75) is 24.8 Å². The summed E-state index contributed by atoms with van der Waals surface area (Å²) in [6.45, 7) is 3.89. The van der Waals surface area contributed by atoms with Crippen LogP contribution in [0.3, 0.4) is 0 Å². The smallest absolute Gasteiger partial charge is 0.256 e. The number of carbonyl (C=O) groups excluding carboxylic acids is 1. The third-order valence-corrected chi connectivity index (χ3v) is 6.12. The Morgan fingerprint density at radius 2 is 1.85 bits per heavy atom. The number of halogens is 1. The van der Waals surface area contributed by atoms with E-state index in [2.05, 4.69) is 20.4 Å². The van der Waals surface area contributed by atoms with Crippen molar-refractivity contribution in [3.8, 4) is 11.5 Å². The van der Waals surface area contributed by atoms with Gasteiger partial charge in [0.05, 0.1) is 24.9 Å². The molecule has 0 aliphatic carbocycles. The highest BCUT2D eigenvalue weighted by Gasteiger charge is 2.17. The van der Waals surface area contributed by atoms with Gasteiger partial charge in [-0.05, 0) is 31.5 Å². The van der Waals surface area contributed by atoms with Gasteiger partial charge in [-0.3, -0.25) is 4.79 Å². The average molecular weight is 484 g/mol. The summed E-state index contributed by atoms with van der Waals surface area (Å²) in [5, 5.41) is 8.41. The lowest BCUT2D eigenvalue weighted by Crippen LogP contribution is -2.15. The number of aromatic nitrogens is 4. The monoisotopic (exact) mass is 483 g/mol. The van der Waals surface area contributed by atoms with Gasteiger partial charge in [0.1, 0.15) is 11.5 Å². The number of benzene rings is 2. The lowest BCUT2D eigenvalue weighted by molar-refractivity contribution is 0.102. The molecule has 0 bridgehead atoms. The van der Waals surface area contributed by atoms with Gasteiger partial charge < -0.3 is 14.8 Å². The van der Waals surface area contributed by atoms with E-state index in [1.807, 2.05) is 38.1 Å². The largest absolute Gasteiger partial charge is 0.495 e. The number of aryl methyl sites for hydroxylation is 2. The third kappa shape index (κ3) is 4.89. The van der Waals surface area contributed by atoms with Crippen molar-refractivity contribution >= 4 is 40.7 Å². The van der Waals surface area contributed by atoms with Gasteiger partial charge in [-0.25, -0.2) is 9.50 Å². The van der Waals surface area contributed by atoms with Gasteiger partial charge in [0.2, 0.25) is 5.16 Å². The van der Waals surface area contributed by atoms with Crippen LogP contribution in [0.15, 0.2) is 47.6 Å². The maximum atomic E-state index is 13.1. The van der Waals surface area contributed by atoms with E-state index in [9.17, 15) is 4.79 Å². The number of methoxy groups -OCH3 is 2. The van der Waals surface area contributed by atoms with Crippen LogP contribution in [0.25, 0.3) is 5.78 Å². The Morgan fingerprint density at radius 3 is 2.61 bits per heavy atom. The fraction of sp³-hybridized carbons (Fsp3) is 0.217. The highest BCUT2D eigenvalue weighted by Crippen LogP contribution is 2.36. The molecule has 8 nitrogen and oxygen atoms in total. The van der Waals surface area contributed by atoms with Gasteiger partial charge in [-0.15, -0.1) is 5.10 Å².